The molecule has 2 aliphatic rings. The highest BCUT2D eigenvalue weighted by molar-refractivity contribution is 7.08. The highest BCUT2D eigenvalue weighted by Crippen LogP contribution is 2.56. The maximum absolute atomic E-state index is 14.2. The minimum atomic E-state index is -1.26. The van der Waals surface area contributed by atoms with Crippen molar-refractivity contribution in [1.29, 1.82) is 0 Å². The van der Waals surface area contributed by atoms with E-state index >= 15 is 0 Å². The zero-order chi connectivity index (χ0) is 21.0. The van der Waals surface area contributed by atoms with Gasteiger partial charge in [-0.2, -0.15) is 11.3 Å². The average molecular weight is 439 g/mol. The molecular weight excluding hydrogens is 423 g/mol. The molecule has 0 saturated carbocycles. The zero-order valence-corrected chi connectivity index (χ0v) is 17.4. The molecule has 3 heterocycles. The van der Waals surface area contributed by atoms with Crippen LogP contribution >= 0.6 is 22.9 Å². The predicted octanol–water partition coefficient (Wildman–Crippen LogP) is 4.99. The Labute approximate surface area is 181 Å². The summed E-state index contributed by atoms with van der Waals surface area (Å²) in [6, 6.07) is 10.7. The summed E-state index contributed by atoms with van der Waals surface area (Å²) in [6.07, 6.45) is 1.47. The van der Waals surface area contributed by atoms with Crippen LogP contribution in [0.3, 0.4) is 0 Å². The number of anilines is 1. The summed E-state index contributed by atoms with van der Waals surface area (Å²) in [6.45, 7) is 1.84. The molecule has 0 radical (unpaired) electrons. The third-order valence-corrected chi connectivity index (χ3v) is 6.74. The summed E-state index contributed by atoms with van der Waals surface area (Å²) in [4.78, 5) is 26.4. The normalized spacial score (nSPS) is 22.5. The Morgan fingerprint density at radius 1 is 1.13 bits per heavy atom. The highest BCUT2D eigenvalue weighted by atomic mass is 35.5. The molecule has 7 heteroatoms. The molecule has 0 bridgehead atoms. The Balaban J connectivity index is 1.86. The van der Waals surface area contributed by atoms with E-state index in [0.29, 0.717) is 27.4 Å². The number of aryl methyl sites for hydroxylation is 1. The molecule has 1 aromatic heterocycles. The molecule has 0 unspecified atom stereocenters. The third-order valence-electron chi connectivity index (χ3n) is 5.82. The van der Waals surface area contributed by atoms with E-state index < -0.39 is 17.3 Å². The van der Waals surface area contributed by atoms with Gasteiger partial charge in [0.15, 0.2) is 0 Å². The summed E-state index contributed by atoms with van der Waals surface area (Å²) >= 11 is 7.65. The Bertz CT molecular complexity index is 1240. The summed E-state index contributed by atoms with van der Waals surface area (Å²) < 4.78 is 14.2. The molecule has 2 aliphatic heterocycles. The van der Waals surface area contributed by atoms with E-state index in [4.69, 9.17) is 11.6 Å². The van der Waals surface area contributed by atoms with Gasteiger partial charge in [-0.05, 0) is 75.8 Å². The maximum atomic E-state index is 14.2. The molecule has 2 aromatic carbocycles. The number of fused-ring (bicyclic) bond motifs is 2. The average Bonchev–Trinajstić information content (AvgIpc) is 3.33. The molecule has 2 atom stereocenters. The Morgan fingerprint density at radius 3 is 2.73 bits per heavy atom. The lowest BCUT2D eigenvalue weighted by atomic mass is 9.64. The monoisotopic (exact) mass is 438 g/mol. The second-order valence-electron chi connectivity index (χ2n) is 7.46. The third kappa shape index (κ3) is 2.64. The number of hydrogen-bond acceptors (Lipinski definition) is 3. The van der Waals surface area contributed by atoms with Gasteiger partial charge in [-0.1, -0.05) is 23.7 Å². The van der Waals surface area contributed by atoms with Gasteiger partial charge in [-0.3, -0.25) is 9.59 Å². The van der Waals surface area contributed by atoms with Gasteiger partial charge >= 0.3 is 0 Å². The van der Waals surface area contributed by atoms with E-state index in [2.05, 4.69) is 10.6 Å². The summed E-state index contributed by atoms with van der Waals surface area (Å²) in [7, 11) is 0. The van der Waals surface area contributed by atoms with Crippen LogP contribution in [0.15, 0.2) is 59.3 Å². The van der Waals surface area contributed by atoms with Crippen molar-refractivity contribution in [1.82, 2.24) is 5.32 Å². The van der Waals surface area contributed by atoms with Crippen molar-refractivity contribution < 1.29 is 14.0 Å². The van der Waals surface area contributed by atoms with Crippen LogP contribution in [0, 0.1) is 12.7 Å². The standard InChI is InChI=1S/C23H16ClFN2O2S/c1-12-2-4-15(25)9-16(12)21-23(17-5-3-14(24)8-19(17)26-22(23)29)18(10-20(28)27-21)13-6-7-30-11-13/h2-11,21H,1H3,(H,26,29)(H,27,28)/t21-,23+/m1/s1. The molecule has 4 nitrogen and oxygen atoms in total. The number of amides is 2. The number of hydrogen-bond donors (Lipinski definition) is 2. The molecular formula is C23H16ClFN2O2S. The maximum Gasteiger partial charge on any atom is 0.244 e. The second kappa shape index (κ2) is 6.79. The first kappa shape index (κ1) is 19.0. The summed E-state index contributed by atoms with van der Waals surface area (Å²) in [5, 5.41) is 10.2. The van der Waals surface area contributed by atoms with E-state index in [1.165, 1.54) is 29.5 Å². The number of carbonyl (C=O) groups excluding carboxylic acids is 2. The van der Waals surface area contributed by atoms with Crippen molar-refractivity contribution in [2.45, 2.75) is 18.4 Å². The number of nitrogens with one attached hydrogen (secondary N) is 2. The Hall–Kier alpha value is -2.96. The van der Waals surface area contributed by atoms with Gasteiger partial charge < -0.3 is 10.6 Å². The van der Waals surface area contributed by atoms with Gasteiger partial charge in [0.25, 0.3) is 0 Å². The van der Waals surface area contributed by atoms with Crippen LogP contribution in [0.5, 0.6) is 0 Å². The number of halogens is 2. The van der Waals surface area contributed by atoms with Gasteiger partial charge in [0, 0.05) is 16.8 Å². The van der Waals surface area contributed by atoms with Crippen molar-refractivity contribution >= 4 is 46.0 Å². The SMILES string of the molecule is Cc1ccc(F)cc1[C@H]1NC(=O)C=C(c2ccsc2)[C@]12C(=O)Nc1cc(Cl)ccc12. The fourth-order valence-corrected chi connectivity index (χ4v) is 5.34. The molecule has 30 heavy (non-hydrogen) atoms. The van der Waals surface area contributed by atoms with Gasteiger partial charge in [0.1, 0.15) is 11.2 Å². The zero-order valence-electron chi connectivity index (χ0n) is 15.8. The number of thiophene rings is 1. The summed E-state index contributed by atoms with van der Waals surface area (Å²) in [5.41, 5.74) is 2.73. The number of rotatable bonds is 2. The van der Waals surface area contributed by atoms with Crippen LogP contribution in [0.2, 0.25) is 5.02 Å². The Morgan fingerprint density at radius 2 is 1.97 bits per heavy atom. The first-order valence-corrected chi connectivity index (χ1v) is 10.7. The van der Waals surface area contributed by atoms with Crippen molar-refractivity contribution in [3.63, 3.8) is 0 Å². The molecule has 2 amide bonds. The number of carbonyl (C=O) groups is 2. The minimum Gasteiger partial charge on any atom is -0.344 e. The minimum absolute atomic E-state index is 0.286. The van der Waals surface area contributed by atoms with E-state index in [1.54, 1.807) is 24.3 Å². The van der Waals surface area contributed by atoms with E-state index in [0.717, 1.165) is 11.1 Å². The van der Waals surface area contributed by atoms with Crippen LogP contribution in [-0.4, -0.2) is 11.8 Å². The quantitative estimate of drug-likeness (QED) is 0.592. The van der Waals surface area contributed by atoms with Crippen LogP contribution < -0.4 is 10.6 Å². The molecule has 0 fully saturated rings. The van der Waals surface area contributed by atoms with Crippen LogP contribution in [0.25, 0.3) is 5.57 Å². The smallest absolute Gasteiger partial charge is 0.244 e. The number of benzene rings is 2. The lowest BCUT2D eigenvalue weighted by molar-refractivity contribution is -0.122. The molecule has 150 valence electrons. The largest absolute Gasteiger partial charge is 0.344 e. The lowest BCUT2D eigenvalue weighted by Gasteiger charge is -2.42. The van der Waals surface area contributed by atoms with Gasteiger partial charge in [-0.25, -0.2) is 4.39 Å². The molecule has 1 spiro atoms. The van der Waals surface area contributed by atoms with E-state index in [9.17, 15) is 14.0 Å². The molecule has 0 aliphatic carbocycles. The van der Waals surface area contributed by atoms with E-state index in [-0.39, 0.29) is 11.8 Å². The lowest BCUT2D eigenvalue weighted by Crippen LogP contribution is -2.52. The topological polar surface area (TPSA) is 58.2 Å². The van der Waals surface area contributed by atoms with Gasteiger partial charge in [0.2, 0.25) is 11.8 Å². The second-order valence-corrected chi connectivity index (χ2v) is 8.68. The highest BCUT2D eigenvalue weighted by Gasteiger charge is 2.58. The van der Waals surface area contributed by atoms with Crippen molar-refractivity contribution in [3.05, 3.63) is 92.4 Å². The first-order chi connectivity index (χ1) is 14.4. The van der Waals surface area contributed by atoms with Gasteiger partial charge in [-0.15, -0.1) is 0 Å². The molecule has 3 aromatic rings. The molecule has 5 rings (SSSR count). The predicted molar refractivity (Wildman–Crippen MR) is 116 cm³/mol. The fourth-order valence-electron chi connectivity index (χ4n) is 4.52. The van der Waals surface area contributed by atoms with Gasteiger partial charge in [0.05, 0.1) is 6.04 Å². The van der Waals surface area contributed by atoms with E-state index in [1.807, 2.05) is 23.8 Å². The van der Waals surface area contributed by atoms with Crippen LogP contribution in [0.4, 0.5) is 10.1 Å². The van der Waals surface area contributed by atoms with Crippen LogP contribution in [-0.2, 0) is 15.0 Å². The van der Waals surface area contributed by atoms with Crippen LogP contribution in [0.1, 0.15) is 28.3 Å². The fraction of sp³-hybridized carbons (Fsp3) is 0.130. The van der Waals surface area contributed by atoms with Crippen molar-refractivity contribution in [2.24, 2.45) is 0 Å². The van der Waals surface area contributed by atoms with Crippen molar-refractivity contribution in [2.75, 3.05) is 5.32 Å². The first-order valence-electron chi connectivity index (χ1n) is 9.34. The van der Waals surface area contributed by atoms with Crippen molar-refractivity contribution in [3.8, 4) is 0 Å². The summed E-state index contributed by atoms with van der Waals surface area (Å²) in [5.74, 6) is -1.04. The molecule has 0 saturated heterocycles. The molecule has 2 N–H and O–H groups in total. The Kier molecular flexibility index (Phi) is 4.31.